The number of amides is 2. The Morgan fingerprint density at radius 3 is 2.47 bits per heavy atom. The third kappa shape index (κ3) is 1.94. The third-order valence-electron chi connectivity index (χ3n) is 4.33. The van der Waals surface area contributed by atoms with Crippen LogP contribution >= 0.6 is 0 Å². The minimum absolute atomic E-state index is 0.0131. The van der Waals surface area contributed by atoms with Gasteiger partial charge in [0.25, 0.3) is 0 Å². The maximum Gasteiger partial charge on any atom is 0.248 e. The first kappa shape index (κ1) is 12.4. The topological polar surface area (TPSA) is 49.4 Å². The van der Waals surface area contributed by atoms with Gasteiger partial charge >= 0.3 is 0 Å². The van der Waals surface area contributed by atoms with E-state index < -0.39 is 5.54 Å². The average Bonchev–Trinajstić information content (AvgIpc) is 2.80. The summed E-state index contributed by atoms with van der Waals surface area (Å²) in [6.07, 6.45) is 5.08. The second-order valence-corrected chi connectivity index (χ2v) is 5.50. The first-order chi connectivity index (χ1) is 7.99. The summed E-state index contributed by atoms with van der Waals surface area (Å²) in [6, 6.07) is -0.0420. The maximum atomic E-state index is 12.5. The molecular weight excluding hydrogens is 216 g/mol. The van der Waals surface area contributed by atoms with Crippen molar-refractivity contribution in [2.45, 2.75) is 70.5 Å². The molecule has 17 heavy (non-hydrogen) atoms. The van der Waals surface area contributed by atoms with E-state index in [1.54, 1.807) is 0 Å². The summed E-state index contributed by atoms with van der Waals surface area (Å²) in [5.41, 5.74) is -0.702. The average molecular weight is 238 g/mol. The van der Waals surface area contributed by atoms with Gasteiger partial charge in [-0.1, -0.05) is 19.8 Å². The van der Waals surface area contributed by atoms with E-state index in [2.05, 4.69) is 5.32 Å². The second-order valence-electron chi connectivity index (χ2n) is 5.50. The molecule has 1 aliphatic carbocycles. The molecule has 0 aromatic heterocycles. The van der Waals surface area contributed by atoms with Gasteiger partial charge in [-0.05, 0) is 33.1 Å². The molecule has 0 aromatic rings. The molecule has 1 saturated carbocycles. The molecule has 96 valence electrons. The van der Waals surface area contributed by atoms with Gasteiger partial charge in [0.2, 0.25) is 11.8 Å². The lowest BCUT2D eigenvalue weighted by atomic mass is 9.90. The summed E-state index contributed by atoms with van der Waals surface area (Å²) >= 11 is 0. The highest BCUT2D eigenvalue weighted by Crippen LogP contribution is 2.30. The van der Waals surface area contributed by atoms with E-state index in [1.807, 2.05) is 25.7 Å². The zero-order valence-electron chi connectivity index (χ0n) is 11.0. The zero-order valence-corrected chi connectivity index (χ0v) is 11.0. The molecule has 2 aliphatic rings. The fourth-order valence-corrected chi connectivity index (χ4v) is 2.92. The number of rotatable bonds is 2. The largest absolute Gasteiger partial charge is 0.340 e. The molecule has 0 radical (unpaired) electrons. The number of carbonyl (C=O) groups is 2. The molecule has 0 spiro atoms. The first-order valence-electron chi connectivity index (χ1n) is 6.64. The van der Waals surface area contributed by atoms with Crippen molar-refractivity contribution < 1.29 is 9.59 Å². The Labute approximate surface area is 103 Å². The highest BCUT2D eigenvalue weighted by molar-refractivity contribution is 5.99. The Balaban J connectivity index is 2.27. The summed E-state index contributed by atoms with van der Waals surface area (Å²) in [5, 5.41) is 2.87. The lowest BCUT2D eigenvalue weighted by Gasteiger charge is -2.45. The normalized spacial score (nSPS) is 35.2. The number of hydrogen-bond acceptors (Lipinski definition) is 2. The lowest BCUT2D eigenvalue weighted by molar-refractivity contribution is -0.156. The number of hydrogen-bond donors (Lipinski definition) is 1. The molecule has 0 aromatic carbocycles. The van der Waals surface area contributed by atoms with Gasteiger partial charge in [-0.2, -0.15) is 0 Å². The fraction of sp³-hybridized carbons (Fsp3) is 0.846. The monoisotopic (exact) mass is 238 g/mol. The van der Waals surface area contributed by atoms with Crippen molar-refractivity contribution in [1.82, 2.24) is 10.2 Å². The minimum atomic E-state index is -0.702. The van der Waals surface area contributed by atoms with Crippen molar-refractivity contribution in [3.63, 3.8) is 0 Å². The van der Waals surface area contributed by atoms with Crippen LogP contribution in [0.15, 0.2) is 0 Å². The van der Waals surface area contributed by atoms with Crippen LogP contribution in [-0.4, -0.2) is 34.3 Å². The van der Waals surface area contributed by atoms with Gasteiger partial charge in [0.1, 0.15) is 11.6 Å². The quantitative estimate of drug-likeness (QED) is 0.791. The van der Waals surface area contributed by atoms with Crippen LogP contribution in [0, 0.1) is 0 Å². The Morgan fingerprint density at radius 1 is 1.35 bits per heavy atom. The van der Waals surface area contributed by atoms with Crippen LogP contribution in [0.4, 0.5) is 0 Å². The van der Waals surface area contributed by atoms with Gasteiger partial charge in [0.15, 0.2) is 0 Å². The van der Waals surface area contributed by atoms with Crippen LogP contribution in [0.1, 0.15) is 52.9 Å². The molecule has 1 heterocycles. The number of carbonyl (C=O) groups excluding carboxylic acids is 2. The van der Waals surface area contributed by atoms with Crippen LogP contribution in [0.2, 0.25) is 0 Å². The molecule has 1 saturated heterocycles. The van der Waals surface area contributed by atoms with E-state index in [4.69, 9.17) is 0 Å². The van der Waals surface area contributed by atoms with Gasteiger partial charge in [0.05, 0.1) is 0 Å². The standard InChI is InChI=1S/C13H22N2O2/c1-4-13(3)12(17)15(9(2)11(16)14-13)10-7-5-6-8-10/h9-10H,4-8H2,1-3H3,(H,14,16). The van der Waals surface area contributed by atoms with E-state index >= 15 is 0 Å². The fourth-order valence-electron chi connectivity index (χ4n) is 2.92. The van der Waals surface area contributed by atoms with E-state index in [1.165, 1.54) is 12.8 Å². The highest BCUT2D eigenvalue weighted by Gasteiger charge is 2.47. The van der Waals surface area contributed by atoms with Crippen LogP contribution in [0.3, 0.4) is 0 Å². The molecule has 2 amide bonds. The van der Waals surface area contributed by atoms with Crippen molar-refractivity contribution in [3.05, 3.63) is 0 Å². The summed E-state index contributed by atoms with van der Waals surface area (Å²) in [7, 11) is 0. The molecule has 2 unspecified atom stereocenters. The van der Waals surface area contributed by atoms with Crippen LogP contribution in [0.5, 0.6) is 0 Å². The molecule has 2 atom stereocenters. The van der Waals surface area contributed by atoms with Gasteiger partial charge in [-0.3, -0.25) is 9.59 Å². The van der Waals surface area contributed by atoms with E-state index in [9.17, 15) is 9.59 Å². The Hall–Kier alpha value is -1.06. The van der Waals surface area contributed by atoms with Gasteiger partial charge in [-0.15, -0.1) is 0 Å². The first-order valence-corrected chi connectivity index (χ1v) is 6.64. The predicted molar refractivity (Wildman–Crippen MR) is 65.4 cm³/mol. The third-order valence-corrected chi connectivity index (χ3v) is 4.33. The van der Waals surface area contributed by atoms with Crippen molar-refractivity contribution in [3.8, 4) is 0 Å². The van der Waals surface area contributed by atoms with Crippen molar-refractivity contribution in [2.75, 3.05) is 0 Å². The zero-order chi connectivity index (χ0) is 12.6. The van der Waals surface area contributed by atoms with E-state index in [-0.39, 0.29) is 23.9 Å². The van der Waals surface area contributed by atoms with Crippen molar-refractivity contribution in [1.29, 1.82) is 0 Å². The van der Waals surface area contributed by atoms with Gasteiger partial charge in [-0.25, -0.2) is 0 Å². The second kappa shape index (κ2) is 4.31. The van der Waals surface area contributed by atoms with Gasteiger partial charge < -0.3 is 10.2 Å². The van der Waals surface area contributed by atoms with E-state index in [0.717, 1.165) is 12.8 Å². The maximum absolute atomic E-state index is 12.5. The summed E-state index contributed by atoms with van der Waals surface area (Å²) < 4.78 is 0. The highest BCUT2D eigenvalue weighted by atomic mass is 16.2. The molecular formula is C13H22N2O2. The summed E-state index contributed by atoms with van der Waals surface area (Å²) in [6.45, 7) is 5.61. The number of piperazine rings is 1. The molecule has 4 nitrogen and oxygen atoms in total. The van der Waals surface area contributed by atoms with Crippen LogP contribution in [-0.2, 0) is 9.59 Å². The lowest BCUT2D eigenvalue weighted by Crippen LogP contribution is -2.69. The Bertz CT molecular complexity index is 336. The number of nitrogens with one attached hydrogen (secondary N) is 1. The molecule has 1 aliphatic heterocycles. The molecule has 2 rings (SSSR count). The molecule has 1 N–H and O–H groups in total. The van der Waals surface area contributed by atoms with Crippen LogP contribution in [0.25, 0.3) is 0 Å². The predicted octanol–water partition coefficient (Wildman–Crippen LogP) is 1.44. The molecule has 4 heteroatoms. The van der Waals surface area contributed by atoms with E-state index in [0.29, 0.717) is 6.42 Å². The van der Waals surface area contributed by atoms with Crippen LogP contribution < -0.4 is 5.32 Å². The number of nitrogens with zero attached hydrogens (tertiary/aromatic N) is 1. The molecule has 0 bridgehead atoms. The Kier molecular flexibility index (Phi) is 3.15. The smallest absolute Gasteiger partial charge is 0.248 e. The minimum Gasteiger partial charge on any atom is -0.340 e. The van der Waals surface area contributed by atoms with Crippen molar-refractivity contribution >= 4 is 11.8 Å². The van der Waals surface area contributed by atoms with Gasteiger partial charge in [0, 0.05) is 6.04 Å². The van der Waals surface area contributed by atoms with Crippen molar-refractivity contribution in [2.24, 2.45) is 0 Å². The summed E-state index contributed by atoms with van der Waals surface area (Å²) in [5.74, 6) is 0.0832. The summed E-state index contributed by atoms with van der Waals surface area (Å²) in [4.78, 5) is 26.4. The molecule has 2 fully saturated rings. The Morgan fingerprint density at radius 2 is 1.94 bits per heavy atom. The SMILES string of the molecule is CCC1(C)NC(=O)C(C)N(C2CCCC2)C1=O.